The van der Waals surface area contributed by atoms with Gasteiger partial charge in [0, 0.05) is 5.56 Å². The zero-order chi connectivity index (χ0) is 15.6. The van der Waals surface area contributed by atoms with Gasteiger partial charge in [0.1, 0.15) is 0 Å². The Bertz CT molecular complexity index is 597. The number of benzene rings is 1. The fourth-order valence-corrected chi connectivity index (χ4v) is 2.74. The Labute approximate surface area is 127 Å². The second-order valence-corrected chi connectivity index (χ2v) is 5.82. The van der Waals surface area contributed by atoms with Gasteiger partial charge in [0.2, 0.25) is 10.0 Å². The highest BCUT2D eigenvalue weighted by molar-refractivity contribution is 7.89. The molecular weight excluding hydrogens is 333 g/mol. The molecule has 0 atom stereocenters. The molecule has 1 rings (SSSR count). The van der Waals surface area contributed by atoms with Gasteiger partial charge in [-0.25, -0.2) is 26.3 Å². The van der Waals surface area contributed by atoms with Gasteiger partial charge in [0.25, 0.3) is 5.92 Å². The maximum atomic E-state index is 13.7. The zero-order valence-corrected chi connectivity index (χ0v) is 13.0. The average molecular weight is 349 g/mol. The highest BCUT2D eigenvalue weighted by atomic mass is 35.5. The summed E-state index contributed by atoms with van der Waals surface area (Å²) in [6.07, 6.45) is 0. The van der Waals surface area contributed by atoms with Crippen LogP contribution in [0, 0.1) is 12.7 Å². The Balaban J connectivity index is 0.00000400. The third-order valence-electron chi connectivity index (χ3n) is 2.63. The molecule has 0 aliphatic carbocycles. The van der Waals surface area contributed by atoms with Gasteiger partial charge in [-0.3, -0.25) is 0 Å². The van der Waals surface area contributed by atoms with Crippen molar-refractivity contribution in [1.29, 1.82) is 0 Å². The van der Waals surface area contributed by atoms with E-state index in [0.29, 0.717) is 0 Å². The van der Waals surface area contributed by atoms with E-state index in [0.717, 1.165) is 12.1 Å². The molecule has 0 spiro atoms. The summed E-state index contributed by atoms with van der Waals surface area (Å²) >= 11 is 0. The SMILES string of the molecule is COc1ccc(S(=O)(=O)NCC(F)(F)CN)c(C)c1F.Cl. The average Bonchev–Trinajstić information content (AvgIpc) is 2.39. The van der Waals surface area contributed by atoms with Crippen LogP contribution in [0.25, 0.3) is 0 Å². The first-order chi connectivity index (χ1) is 9.14. The van der Waals surface area contributed by atoms with E-state index in [9.17, 15) is 21.6 Å². The van der Waals surface area contributed by atoms with Gasteiger partial charge in [0.15, 0.2) is 11.6 Å². The molecule has 5 nitrogen and oxygen atoms in total. The Kier molecular flexibility index (Phi) is 6.94. The predicted octanol–water partition coefficient (Wildman–Crippen LogP) is 1.44. The number of methoxy groups -OCH3 is 1. The molecular formula is C11H16ClF3N2O3S. The zero-order valence-electron chi connectivity index (χ0n) is 11.3. The summed E-state index contributed by atoms with van der Waals surface area (Å²) < 4.78 is 69.8. The van der Waals surface area contributed by atoms with Crippen molar-refractivity contribution in [3.63, 3.8) is 0 Å². The predicted molar refractivity (Wildman–Crippen MR) is 74.1 cm³/mol. The van der Waals surface area contributed by atoms with Crippen LogP contribution in [-0.2, 0) is 10.0 Å². The minimum Gasteiger partial charge on any atom is -0.494 e. The summed E-state index contributed by atoms with van der Waals surface area (Å²) in [6, 6.07) is 2.19. The summed E-state index contributed by atoms with van der Waals surface area (Å²) in [5, 5.41) is 0. The molecule has 1 aromatic rings. The van der Waals surface area contributed by atoms with E-state index >= 15 is 0 Å². The molecule has 0 radical (unpaired) electrons. The second-order valence-electron chi connectivity index (χ2n) is 4.09. The molecule has 0 saturated heterocycles. The van der Waals surface area contributed by atoms with Crippen LogP contribution < -0.4 is 15.2 Å². The van der Waals surface area contributed by atoms with Crippen molar-refractivity contribution in [3.8, 4) is 5.75 Å². The molecule has 0 saturated carbocycles. The quantitative estimate of drug-likeness (QED) is 0.815. The van der Waals surface area contributed by atoms with Crippen molar-refractivity contribution >= 4 is 22.4 Å². The van der Waals surface area contributed by atoms with Crippen LogP contribution in [0.5, 0.6) is 5.75 Å². The van der Waals surface area contributed by atoms with E-state index in [2.05, 4.69) is 0 Å². The first kappa shape index (κ1) is 20.0. The lowest BCUT2D eigenvalue weighted by Gasteiger charge is -2.16. The molecule has 21 heavy (non-hydrogen) atoms. The second kappa shape index (κ2) is 7.30. The molecule has 0 aliphatic rings. The van der Waals surface area contributed by atoms with Gasteiger partial charge >= 0.3 is 0 Å². The monoisotopic (exact) mass is 348 g/mol. The van der Waals surface area contributed by atoms with Gasteiger partial charge in [-0.1, -0.05) is 0 Å². The van der Waals surface area contributed by atoms with Crippen LogP contribution in [0.1, 0.15) is 5.56 Å². The molecule has 0 amide bonds. The molecule has 0 heterocycles. The van der Waals surface area contributed by atoms with Crippen LogP contribution in [0.15, 0.2) is 17.0 Å². The van der Waals surface area contributed by atoms with Crippen molar-refractivity contribution in [2.45, 2.75) is 17.7 Å². The molecule has 1 aromatic carbocycles. The van der Waals surface area contributed by atoms with Crippen molar-refractivity contribution in [2.24, 2.45) is 5.73 Å². The lowest BCUT2D eigenvalue weighted by molar-refractivity contribution is 0.0170. The van der Waals surface area contributed by atoms with Crippen LogP contribution in [0.3, 0.4) is 0 Å². The fourth-order valence-electron chi connectivity index (χ4n) is 1.44. The molecule has 0 unspecified atom stereocenters. The maximum absolute atomic E-state index is 13.7. The van der Waals surface area contributed by atoms with E-state index in [4.69, 9.17) is 10.5 Å². The third kappa shape index (κ3) is 4.73. The van der Waals surface area contributed by atoms with Crippen molar-refractivity contribution < 1.29 is 26.3 Å². The van der Waals surface area contributed by atoms with Crippen LogP contribution in [0.4, 0.5) is 13.2 Å². The summed E-state index contributed by atoms with van der Waals surface area (Å²) in [7, 11) is -3.03. The van der Waals surface area contributed by atoms with E-state index in [1.807, 2.05) is 0 Å². The third-order valence-corrected chi connectivity index (χ3v) is 4.18. The molecule has 0 aromatic heterocycles. The lowest BCUT2D eigenvalue weighted by Crippen LogP contribution is -2.41. The minimum atomic E-state index is -4.26. The van der Waals surface area contributed by atoms with Crippen LogP contribution >= 0.6 is 12.4 Å². The first-order valence-electron chi connectivity index (χ1n) is 5.55. The van der Waals surface area contributed by atoms with Gasteiger partial charge in [-0.15, -0.1) is 12.4 Å². The smallest absolute Gasteiger partial charge is 0.273 e. The summed E-state index contributed by atoms with van der Waals surface area (Å²) in [5.41, 5.74) is 4.59. The normalized spacial score (nSPS) is 11.9. The number of halogens is 4. The summed E-state index contributed by atoms with van der Waals surface area (Å²) in [6.45, 7) is -0.933. The number of nitrogens with two attached hydrogens (primary N) is 1. The maximum Gasteiger partial charge on any atom is 0.273 e. The van der Waals surface area contributed by atoms with E-state index < -0.39 is 39.7 Å². The van der Waals surface area contributed by atoms with Crippen molar-refractivity contribution in [2.75, 3.05) is 20.2 Å². The molecule has 122 valence electrons. The fraction of sp³-hybridized carbons (Fsp3) is 0.455. The van der Waals surface area contributed by atoms with Crippen molar-refractivity contribution in [3.05, 3.63) is 23.5 Å². The highest BCUT2D eigenvalue weighted by Crippen LogP contribution is 2.26. The Morgan fingerprint density at radius 3 is 2.43 bits per heavy atom. The summed E-state index contributed by atoms with van der Waals surface area (Å²) in [5.74, 6) is -4.36. The Morgan fingerprint density at radius 2 is 1.95 bits per heavy atom. The number of hydrogen-bond donors (Lipinski definition) is 2. The molecule has 0 fully saturated rings. The molecule has 10 heteroatoms. The van der Waals surface area contributed by atoms with E-state index in [1.54, 1.807) is 4.72 Å². The molecule has 3 N–H and O–H groups in total. The largest absolute Gasteiger partial charge is 0.494 e. The first-order valence-corrected chi connectivity index (χ1v) is 7.03. The van der Waals surface area contributed by atoms with E-state index in [1.165, 1.54) is 14.0 Å². The number of rotatable bonds is 6. The van der Waals surface area contributed by atoms with Crippen molar-refractivity contribution in [1.82, 2.24) is 4.72 Å². The van der Waals surface area contributed by atoms with Gasteiger partial charge in [-0.2, -0.15) is 0 Å². The van der Waals surface area contributed by atoms with Gasteiger partial charge < -0.3 is 10.5 Å². The Hall–Kier alpha value is -1.03. The van der Waals surface area contributed by atoms with Crippen LogP contribution in [-0.4, -0.2) is 34.5 Å². The lowest BCUT2D eigenvalue weighted by atomic mass is 10.2. The standard InChI is InChI=1S/C11H15F3N2O3S.ClH/c1-7-9(4-3-8(19-2)10(7)12)20(17,18)16-6-11(13,14)5-15;/h3-4,16H,5-6,15H2,1-2H3;1H. The topological polar surface area (TPSA) is 81.4 Å². The minimum absolute atomic E-state index is 0. The molecule has 0 bridgehead atoms. The van der Waals surface area contributed by atoms with Crippen LogP contribution in [0.2, 0.25) is 0 Å². The highest BCUT2D eigenvalue weighted by Gasteiger charge is 2.30. The summed E-state index contributed by atoms with van der Waals surface area (Å²) in [4.78, 5) is -0.427. The number of sulfonamides is 1. The van der Waals surface area contributed by atoms with Gasteiger partial charge in [-0.05, 0) is 19.1 Å². The number of hydrogen-bond acceptors (Lipinski definition) is 4. The van der Waals surface area contributed by atoms with Gasteiger partial charge in [0.05, 0.1) is 25.1 Å². The number of alkyl halides is 2. The number of ether oxygens (including phenoxy) is 1. The number of nitrogens with one attached hydrogen (secondary N) is 1. The Morgan fingerprint density at radius 1 is 1.38 bits per heavy atom. The van der Waals surface area contributed by atoms with E-state index in [-0.39, 0.29) is 23.7 Å². The molecule has 0 aliphatic heterocycles.